The highest BCUT2D eigenvalue weighted by molar-refractivity contribution is 5.55. The zero-order chi connectivity index (χ0) is 18.2. The highest BCUT2D eigenvalue weighted by Crippen LogP contribution is 2.40. The molecule has 0 bridgehead atoms. The second kappa shape index (κ2) is 8.68. The summed E-state index contributed by atoms with van der Waals surface area (Å²) in [6, 6.07) is 20.6. The molecule has 0 radical (unpaired) electrons. The van der Waals surface area contributed by atoms with Crippen LogP contribution >= 0.6 is 0 Å². The van der Waals surface area contributed by atoms with Crippen LogP contribution in [-0.4, -0.2) is 0 Å². The molecule has 0 amide bonds. The van der Waals surface area contributed by atoms with Crippen molar-refractivity contribution in [3.05, 3.63) is 83.9 Å². The molecule has 0 nitrogen and oxygen atoms in total. The lowest BCUT2D eigenvalue weighted by molar-refractivity contribution is 0.367. The van der Waals surface area contributed by atoms with E-state index in [1.54, 1.807) is 0 Å². The molecule has 2 aromatic carbocycles. The summed E-state index contributed by atoms with van der Waals surface area (Å²) in [7, 11) is 0. The fraction of sp³-hybridized carbons (Fsp3) is 0.333. The Morgan fingerprint density at radius 1 is 0.667 bits per heavy atom. The van der Waals surface area contributed by atoms with Gasteiger partial charge < -0.3 is 0 Å². The van der Waals surface area contributed by atoms with Crippen molar-refractivity contribution in [2.75, 3.05) is 0 Å². The molecule has 0 aliphatic carbocycles. The van der Waals surface area contributed by atoms with Crippen LogP contribution in [0.25, 0.3) is 12.2 Å². The minimum Gasteiger partial charge on any atom is -0.0985 e. The van der Waals surface area contributed by atoms with Crippen LogP contribution in [0.4, 0.5) is 0 Å². The number of benzene rings is 2. The van der Waals surface area contributed by atoms with E-state index in [4.69, 9.17) is 0 Å². The predicted octanol–water partition coefficient (Wildman–Crippen LogP) is 7.49. The summed E-state index contributed by atoms with van der Waals surface area (Å²) in [5, 5.41) is 0. The van der Waals surface area contributed by atoms with Gasteiger partial charge in [-0.15, -0.1) is 0 Å². The first-order chi connectivity index (χ1) is 11.1. The number of hydrogen-bond acceptors (Lipinski definition) is 0. The first-order valence-corrected chi connectivity index (χ1v) is 8.60. The van der Waals surface area contributed by atoms with Crippen molar-refractivity contribution in [1.29, 1.82) is 0 Å². The van der Waals surface area contributed by atoms with Gasteiger partial charge in [-0.2, -0.15) is 0 Å². The quantitative estimate of drug-likeness (QED) is 0.537. The molecule has 0 atom stereocenters. The van der Waals surface area contributed by atoms with Crippen molar-refractivity contribution >= 4 is 12.2 Å². The van der Waals surface area contributed by atoms with Crippen LogP contribution in [0.3, 0.4) is 0 Å². The molecule has 0 heteroatoms. The molecule has 0 aliphatic heterocycles. The fourth-order valence-electron chi connectivity index (χ4n) is 2.86. The molecular formula is C24H32. The molecule has 0 N–H and O–H groups in total. The Balaban J connectivity index is 0.000000300. The smallest absolute Gasteiger partial charge is 0.0164 e. The summed E-state index contributed by atoms with van der Waals surface area (Å²) in [4.78, 5) is 0. The zero-order valence-electron chi connectivity index (χ0n) is 16.1. The summed E-state index contributed by atoms with van der Waals surface area (Å²) in [5.74, 6) is 0. The van der Waals surface area contributed by atoms with Gasteiger partial charge in [0.25, 0.3) is 0 Å². The molecule has 0 saturated heterocycles. The first-order valence-electron chi connectivity index (χ1n) is 8.60. The van der Waals surface area contributed by atoms with Gasteiger partial charge in [-0.1, -0.05) is 127 Å². The van der Waals surface area contributed by atoms with E-state index in [-0.39, 0.29) is 10.8 Å². The van der Waals surface area contributed by atoms with Crippen LogP contribution in [0, 0.1) is 10.8 Å². The van der Waals surface area contributed by atoms with Crippen LogP contribution in [0.15, 0.2) is 72.8 Å². The number of hydrogen-bond donors (Lipinski definition) is 0. The molecule has 128 valence electrons. The van der Waals surface area contributed by atoms with E-state index in [0.717, 1.165) is 0 Å². The van der Waals surface area contributed by atoms with Crippen molar-refractivity contribution < 1.29 is 0 Å². The van der Waals surface area contributed by atoms with Crippen molar-refractivity contribution in [3.8, 4) is 0 Å². The highest BCUT2D eigenvalue weighted by Gasteiger charge is 2.27. The van der Waals surface area contributed by atoms with Gasteiger partial charge in [-0.3, -0.25) is 0 Å². The lowest BCUT2D eigenvalue weighted by Gasteiger charge is -2.34. The van der Waals surface area contributed by atoms with Crippen LogP contribution in [-0.2, 0) is 0 Å². The maximum absolute atomic E-state index is 3.63. The average molecular weight is 321 g/mol. The normalized spacial score (nSPS) is 11.1. The van der Waals surface area contributed by atoms with Crippen LogP contribution < -0.4 is 0 Å². The van der Waals surface area contributed by atoms with E-state index in [2.05, 4.69) is 84.5 Å². The number of rotatable bonds is 2. The third-order valence-electron chi connectivity index (χ3n) is 3.76. The van der Waals surface area contributed by atoms with Gasteiger partial charge >= 0.3 is 0 Å². The standard InChI is InChI=1S/C16H24.C8H8/c1-15(2,3)14(16(4,5)6)12-13-10-8-7-9-11-13;1-2-8-6-4-3-5-7-8/h7-12H,1-6H3;2-7H,1H2. The van der Waals surface area contributed by atoms with Gasteiger partial charge in [0, 0.05) is 0 Å². The van der Waals surface area contributed by atoms with E-state index in [1.807, 2.05) is 36.4 Å². The van der Waals surface area contributed by atoms with Crippen LogP contribution in [0.1, 0.15) is 52.7 Å². The zero-order valence-corrected chi connectivity index (χ0v) is 16.1. The molecule has 0 unspecified atom stereocenters. The Kier molecular flexibility index (Phi) is 7.22. The van der Waals surface area contributed by atoms with E-state index >= 15 is 0 Å². The third-order valence-corrected chi connectivity index (χ3v) is 3.76. The molecule has 0 aliphatic rings. The van der Waals surface area contributed by atoms with Crippen LogP contribution in [0.2, 0.25) is 0 Å². The summed E-state index contributed by atoms with van der Waals surface area (Å²) in [5.41, 5.74) is 4.39. The Labute approximate surface area is 148 Å². The largest absolute Gasteiger partial charge is 0.0985 e. The van der Waals surface area contributed by atoms with Crippen molar-refractivity contribution in [2.24, 2.45) is 10.8 Å². The van der Waals surface area contributed by atoms with Crippen molar-refractivity contribution in [2.45, 2.75) is 41.5 Å². The van der Waals surface area contributed by atoms with Gasteiger partial charge in [-0.05, 0) is 22.0 Å². The molecular weight excluding hydrogens is 288 g/mol. The maximum atomic E-state index is 3.63. The molecule has 2 aromatic rings. The predicted molar refractivity (Wildman–Crippen MR) is 110 cm³/mol. The maximum Gasteiger partial charge on any atom is -0.0164 e. The van der Waals surface area contributed by atoms with E-state index < -0.39 is 0 Å². The Morgan fingerprint density at radius 2 is 1.04 bits per heavy atom. The monoisotopic (exact) mass is 320 g/mol. The summed E-state index contributed by atoms with van der Waals surface area (Å²) >= 11 is 0. The lowest BCUT2D eigenvalue weighted by atomic mass is 9.71. The SMILES string of the molecule is C=Cc1ccccc1.CC(C)(C)C(=Cc1ccccc1)C(C)(C)C. The summed E-state index contributed by atoms with van der Waals surface area (Å²) in [6.45, 7) is 17.3. The van der Waals surface area contributed by atoms with Crippen molar-refractivity contribution in [3.63, 3.8) is 0 Å². The first kappa shape index (κ1) is 20.0. The second-order valence-electron chi connectivity index (χ2n) is 8.08. The van der Waals surface area contributed by atoms with Crippen LogP contribution in [0.5, 0.6) is 0 Å². The molecule has 0 aromatic heterocycles. The minimum absolute atomic E-state index is 0.216. The van der Waals surface area contributed by atoms with Crippen molar-refractivity contribution in [1.82, 2.24) is 0 Å². The Bertz CT molecular complexity index is 616. The van der Waals surface area contributed by atoms with Gasteiger partial charge in [0.2, 0.25) is 0 Å². The molecule has 24 heavy (non-hydrogen) atoms. The third kappa shape index (κ3) is 7.00. The Morgan fingerprint density at radius 3 is 1.33 bits per heavy atom. The van der Waals surface area contributed by atoms with Gasteiger partial charge in [0.05, 0.1) is 0 Å². The average Bonchev–Trinajstić information content (AvgIpc) is 2.53. The van der Waals surface area contributed by atoms with Gasteiger partial charge in [0.1, 0.15) is 0 Å². The topological polar surface area (TPSA) is 0 Å². The van der Waals surface area contributed by atoms with E-state index in [9.17, 15) is 0 Å². The second-order valence-corrected chi connectivity index (χ2v) is 8.08. The molecule has 0 heterocycles. The van der Waals surface area contributed by atoms with E-state index in [1.165, 1.54) is 16.7 Å². The lowest BCUT2D eigenvalue weighted by Crippen LogP contribution is -2.22. The van der Waals surface area contributed by atoms with Gasteiger partial charge in [0.15, 0.2) is 0 Å². The molecule has 0 spiro atoms. The molecule has 2 rings (SSSR count). The van der Waals surface area contributed by atoms with E-state index in [0.29, 0.717) is 0 Å². The molecule has 0 fully saturated rings. The summed E-state index contributed by atoms with van der Waals surface area (Å²) in [6.07, 6.45) is 4.17. The molecule has 0 saturated carbocycles. The summed E-state index contributed by atoms with van der Waals surface area (Å²) < 4.78 is 0. The minimum atomic E-state index is 0.216. The number of allylic oxidation sites excluding steroid dienone is 1. The van der Waals surface area contributed by atoms with Gasteiger partial charge in [-0.25, -0.2) is 0 Å². The fourth-order valence-corrected chi connectivity index (χ4v) is 2.86. The Hall–Kier alpha value is -2.08. The highest BCUT2D eigenvalue weighted by atomic mass is 14.3.